The number of carbonyl (C=O) groups is 1. The number of carbonyl (C=O) groups excluding carboxylic acids is 1. The molecule has 1 N–H and O–H groups in total. The van der Waals surface area contributed by atoms with Crippen molar-refractivity contribution in [2.24, 2.45) is 0 Å². The van der Waals surface area contributed by atoms with Crippen LogP contribution in [0.4, 0.5) is 13.2 Å². The number of ketones is 1. The van der Waals surface area contributed by atoms with Gasteiger partial charge in [0, 0.05) is 41.9 Å². The molecule has 1 aliphatic heterocycles. The van der Waals surface area contributed by atoms with E-state index in [0.29, 0.717) is 35.7 Å². The number of halogens is 3. The smallest absolute Gasteiger partial charge is 0.417 e. The third kappa shape index (κ3) is 5.01. The molecule has 198 valence electrons. The number of alkyl halides is 3. The van der Waals surface area contributed by atoms with Gasteiger partial charge >= 0.3 is 6.18 Å². The number of furan rings is 1. The van der Waals surface area contributed by atoms with E-state index in [9.17, 15) is 31.5 Å². The quantitative estimate of drug-likeness (QED) is 0.349. The van der Waals surface area contributed by atoms with Crippen LogP contribution in [0.5, 0.6) is 5.75 Å². The minimum atomic E-state index is -4.54. The number of para-hydroxylation sites is 1. The van der Waals surface area contributed by atoms with E-state index in [1.165, 1.54) is 16.4 Å². The SMILES string of the molecule is O=C(CCc1cc(-c2ccc(C(F)(F)F)cn2)c(O)cn1)C1CCCN1S(=O)(=O)c1cc2ccccc2o1. The second-order valence-corrected chi connectivity index (χ2v) is 10.8. The van der Waals surface area contributed by atoms with Crippen molar-refractivity contribution in [2.75, 3.05) is 6.54 Å². The Morgan fingerprint density at radius 2 is 1.89 bits per heavy atom. The van der Waals surface area contributed by atoms with Gasteiger partial charge in [0.05, 0.1) is 23.5 Å². The molecular weight excluding hydrogens is 523 g/mol. The number of rotatable bonds is 7. The zero-order chi connectivity index (χ0) is 27.1. The molecule has 1 fully saturated rings. The summed E-state index contributed by atoms with van der Waals surface area (Å²) in [7, 11) is -4.03. The summed E-state index contributed by atoms with van der Waals surface area (Å²) in [5.74, 6) is -0.558. The maximum atomic E-state index is 13.3. The maximum Gasteiger partial charge on any atom is 0.417 e. The van der Waals surface area contributed by atoms with Crippen LogP contribution in [0.1, 0.15) is 30.5 Å². The second-order valence-electron chi connectivity index (χ2n) is 8.97. The fourth-order valence-electron chi connectivity index (χ4n) is 4.52. The van der Waals surface area contributed by atoms with Gasteiger partial charge in [-0.2, -0.15) is 17.5 Å². The van der Waals surface area contributed by atoms with Crippen LogP contribution in [-0.2, 0) is 27.4 Å². The molecule has 0 saturated carbocycles. The summed E-state index contributed by atoms with van der Waals surface area (Å²) in [5, 5.41) is 10.6. The molecule has 1 aromatic carbocycles. The lowest BCUT2D eigenvalue weighted by Crippen LogP contribution is -2.40. The number of aromatic nitrogens is 2. The lowest BCUT2D eigenvalue weighted by molar-refractivity contribution is -0.137. The van der Waals surface area contributed by atoms with Crippen LogP contribution in [0, 0.1) is 0 Å². The molecule has 3 aromatic heterocycles. The van der Waals surface area contributed by atoms with E-state index in [0.717, 1.165) is 18.3 Å². The molecule has 4 heterocycles. The van der Waals surface area contributed by atoms with Gasteiger partial charge in [0.15, 0.2) is 5.78 Å². The molecule has 0 spiro atoms. The van der Waals surface area contributed by atoms with Crippen LogP contribution in [0.2, 0.25) is 0 Å². The van der Waals surface area contributed by atoms with Gasteiger partial charge in [0.1, 0.15) is 11.3 Å². The van der Waals surface area contributed by atoms with Crippen molar-refractivity contribution in [2.45, 2.75) is 43.0 Å². The normalized spacial score (nSPS) is 16.8. The van der Waals surface area contributed by atoms with Gasteiger partial charge in [0.25, 0.3) is 10.0 Å². The maximum absolute atomic E-state index is 13.3. The molecule has 1 atom stereocenters. The largest absolute Gasteiger partial charge is 0.506 e. The Labute approximate surface area is 215 Å². The average Bonchev–Trinajstić information content (AvgIpc) is 3.56. The number of sulfonamides is 1. The Bertz CT molecular complexity index is 1570. The van der Waals surface area contributed by atoms with Crippen molar-refractivity contribution in [3.8, 4) is 17.0 Å². The van der Waals surface area contributed by atoms with Crippen molar-refractivity contribution < 1.29 is 35.9 Å². The number of aryl methyl sites for hydroxylation is 1. The van der Waals surface area contributed by atoms with Gasteiger partial charge in [0.2, 0.25) is 5.09 Å². The number of pyridine rings is 2. The predicted molar refractivity (Wildman–Crippen MR) is 131 cm³/mol. The molecule has 0 amide bonds. The first-order valence-corrected chi connectivity index (χ1v) is 13.2. The van der Waals surface area contributed by atoms with E-state index in [-0.39, 0.29) is 47.3 Å². The first kappa shape index (κ1) is 25.9. The van der Waals surface area contributed by atoms with Crippen LogP contribution < -0.4 is 0 Å². The molecule has 0 bridgehead atoms. The highest BCUT2D eigenvalue weighted by Gasteiger charge is 2.40. The monoisotopic (exact) mass is 545 g/mol. The topological polar surface area (TPSA) is 114 Å². The molecule has 0 radical (unpaired) electrons. The molecule has 8 nitrogen and oxygen atoms in total. The van der Waals surface area contributed by atoms with Crippen LogP contribution in [-0.4, -0.2) is 46.2 Å². The van der Waals surface area contributed by atoms with Crippen molar-refractivity contribution in [3.05, 3.63) is 72.2 Å². The fraction of sp³-hybridized carbons (Fsp3) is 0.269. The first-order chi connectivity index (χ1) is 18.0. The van der Waals surface area contributed by atoms with Crippen LogP contribution in [0.25, 0.3) is 22.2 Å². The van der Waals surface area contributed by atoms with Gasteiger partial charge in [-0.05, 0) is 43.5 Å². The molecule has 4 aromatic rings. The summed E-state index contributed by atoms with van der Waals surface area (Å²) >= 11 is 0. The van der Waals surface area contributed by atoms with Gasteiger partial charge in [-0.25, -0.2) is 8.42 Å². The Morgan fingerprint density at radius 3 is 2.61 bits per heavy atom. The van der Waals surface area contributed by atoms with Gasteiger partial charge in [-0.1, -0.05) is 18.2 Å². The highest BCUT2D eigenvalue weighted by Crippen LogP contribution is 2.33. The summed E-state index contributed by atoms with van der Waals surface area (Å²) in [4.78, 5) is 21.0. The van der Waals surface area contributed by atoms with Crippen molar-refractivity contribution >= 4 is 26.8 Å². The van der Waals surface area contributed by atoms with E-state index in [1.807, 2.05) is 0 Å². The van der Waals surface area contributed by atoms with Crippen molar-refractivity contribution in [1.29, 1.82) is 0 Å². The summed E-state index contributed by atoms with van der Waals surface area (Å²) < 4.78 is 71.8. The Balaban J connectivity index is 1.30. The Kier molecular flexibility index (Phi) is 6.70. The van der Waals surface area contributed by atoms with Crippen LogP contribution in [0.15, 0.2) is 70.4 Å². The number of nitrogens with zero attached hydrogens (tertiary/aromatic N) is 3. The average molecular weight is 546 g/mol. The molecule has 0 aliphatic carbocycles. The van der Waals surface area contributed by atoms with E-state index in [1.54, 1.807) is 24.3 Å². The van der Waals surface area contributed by atoms with E-state index >= 15 is 0 Å². The van der Waals surface area contributed by atoms with Crippen LogP contribution >= 0.6 is 0 Å². The summed E-state index contributed by atoms with van der Waals surface area (Å²) in [6.07, 6.45) is -1.70. The minimum absolute atomic E-state index is 0.0194. The van der Waals surface area contributed by atoms with E-state index in [2.05, 4.69) is 9.97 Å². The van der Waals surface area contributed by atoms with Gasteiger partial charge < -0.3 is 9.52 Å². The van der Waals surface area contributed by atoms with E-state index < -0.39 is 27.8 Å². The summed E-state index contributed by atoms with van der Waals surface area (Å²) in [6, 6.07) is 11.0. The predicted octanol–water partition coefficient (Wildman–Crippen LogP) is 4.97. The standard InChI is InChI=1S/C26H22F3N3O5S/c27-26(28,29)17-7-9-20(31-14-17)19-13-18(30-15-23(19)34)8-10-22(33)21-5-3-11-32(21)38(35,36)25-12-16-4-1-2-6-24(16)37-25/h1-2,4,6-7,9,12-15,21,34H,3,5,8,10-11H2. The molecule has 1 unspecified atom stereocenters. The van der Waals surface area contributed by atoms with Crippen LogP contribution in [0.3, 0.4) is 0 Å². The second kappa shape index (κ2) is 9.84. The van der Waals surface area contributed by atoms with Crippen molar-refractivity contribution in [1.82, 2.24) is 14.3 Å². The number of Topliss-reactive ketones (excluding diaryl/α,β-unsaturated/α-hetero) is 1. The van der Waals surface area contributed by atoms with E-state index in [4.69, 9.17) is 4.42 Å². The lowest BCUT2D eigenvalue weighted by atomic mass is 10.0. The lowest BCUT2D eigenvalue weighted by Gasteiger charge is -2.21. The molecule has 12 heteroatoms. The summed E-state index contributed by atoms with van der Waals surface area (Å²) in [6.45, 7) is 0.191. The number of hydrogen-bond donors (Lipinski definition) is 1. The minimum Gasteiger partial charge on any atom is -0.506 e. The highest BCUT2D eigenvalue weighted by atomic mass is 32.2. The zero-order valence-corrected chi connectivity index (χ0v) is 20.7. The number of fused-ring (bicyclic) bond motifs is 1. The molecule has 5 rings (SSSR count). The Hall–Kier alpha value is -3.77. The molecule has 1 saturated heterocycles. The number of hydrogen-bond acceptors (Lipinski definition) is 7. The molecule has 38 heavy (non-hydrogen) atoms. The van der Waals surface area contributed by atoms with Gasteiger partial charge in [-0.3, -0.25) is 14.8 Å². The number of benzene rings is 1. The fourth-order valence-corrected chi connectivity index (χ4v) is 6.15. The zero-order valence-electron chi connectivity index (χ0n) is 19.9. The molecular formula is C26H22F3N3O5S. The summed E-state index contributed by atoms with van der Waals surface area (Å²) in [5.41, 5.74) is 0.206. The highest BCUT2D eigenvalue weighted by molar-refractivity contribution is 7.89. The van der Waals surface area contributed by atoms with Gasteiger partial charge in [-0.15, -0.1) is 0 Å². The Morgan fingerprint density at radius 1 is 1.11 bits per heavy atom. The molecule has 1 aliphatic rings. The van der Waals surface area contributed by atoms with Crippen molar-refractivity contribution in [3.63, 3.8) is 0 Å². The third-order valence-corrected chi connectivity index (χ3v) is 8.24. The number of aromatic hydroxyl groups is 1. The third-order valence-electron chi connectivity index (χ3n) is 6.48. The first-order valence-electron chi connectivity index (χ1n) is 11.8.